The summed E-state index contributed by atoms with van der Waals surface area (Å²) in [5, 5.41) is 11.8. The highest BCUT2D eigenvalue weighted by molar-refractivity contribution is 5.92. The third-order valence-corrected chi connectivity index (χ3v) is 3.84. The van der Waals surface area contributed by atoms with Gasteiger partial charge in [-0.3, -0.25) is 0 Å². The van der Waals surface area contributed by atoms with E-state index in [1.165, 1.54) is 12.5 Å². The first-order chi connectivity index (χ1) is 9.38. The second-order valence-corrected chi connectivity index (χ2v) is 5.62. The van der Waals surface area contributed by atoms with Crippen LogP contribution in [-0.4, -0.2) is 35.6 Å². The van der Waals surface area contributed by atoms with Gasteiger partial charge in [0.15, 0.2) is 0 Å². The molecule has 1 saturated carbocycles. The summed E-state index contributed by atoms with van der Waals surface area (Å²) >= 11 is 0. The maximum Gasteiger partial charge on any atom is 0.335 e. The van der Waals surface area contributed by atoms with Gasteiger partial charge in [-0.1, -0.05) is 6.92 Å². The number of nitrogens with zero attached hydrogens (tertiary/aromatic N) is 1. The molecule has 2 rings (SSSR count). The Morgan fingerprint density at radius 1 is 1.45 bits per heavy atom. The van der Waals surface area contributed by atoms with Gasteiger partial charge in [0.05, 0.1) is 5.56 Å². The summed E-state index contributed by atoms with van der Waals surface area (Å²) in [6.45, 7) is 4.66. The van der Waals surface area contributed by atoms with Crippen molar-refractivity contribution in [3.8, 4) is 0 Å². The van der Waals surface area contributed by atoms with Crippen LogP contribution in [0.1, 0.15) is 29.3 Å². The molecule has 108 valence electrons. The molecule has 0 radical (unpaired) electrons. The standard InChI is InChI=1S/C15H20N2O3/c1-9-6-11(9)8-17(3)15(20)16-12-4-5-13(14(18)19)10(2)7-12/h4-5,7,9,11H,6,8H2,1-3H3,(H,16,20)(H,18,19). The van der Waals surface area contributed by atoms with Crippen molar-refractivity contribution in [3.05, 3.63) is 29.3 Å². The fourth-order valence-corrected chi connectivity index (χ4v) is 2.29. The molecule has 2 amide bonds. The van der Waals surface area contributed by atoms with Crippen molar-refractivity contribution in [1.29, 1.82) is 0 Å². The molecule has 0 aromatic heterocycles. The lowest BCUT2D eigenvalue weighted by atomic mass is 10.1. The zero-order valence-electron chi connectivity index (χ0n) is 12.0. The predicted molar refractivity (Wildman–Crippen MR) is 77.1 cm³/mol. The van der Waals surface area contributed by atoms with Gasteiger partial charge >= 0.3 is 12.0 Å². The van der Waals surface area contributed by atoms with Gasteiger partial charge in [0.2, 0.25) is 0 Å². The first-order valence-electron chi connectivity index (χ1n) is 6.74. The summed E-state index contributed by atoms with van der Waals surface area (Å²) < 4.78 is 0. The number of hydrogen-bond donors (Lipinski definition) is 2. The Hall–Kier alpha value is -2.04. The molecule has 0 spiro atoms. The number of anilines is 1. The number of carboxylic acid groups (broad SMARTS) is 1. The smallest absolute Gasteiger partial charge is 0.335 e. The first-order valence-corrected chi connectivity index (χ1v) is 6.74. The summed E-state index contributed by atoms with van der Waals surface area (Å²) in [5.74, 6) is 0.365. The van der Waals surface area contributed by atoms with E-state index in [2.05, 4.69) is 12.2 Å². The van der Waals surface area contributed by atoms with Gasteiger partial charge in [-0.15, -0.1) is 0 Å². The van der Waals surface area contributed by atoms with E-state index in [0.717, 1.165) is 6.54 Å². The van der Waals surface area contributed by atoms with Crippen LogP contribution in [0.15, 0.2) is 18.2 Å². The third-order valence-electron chi connectivity index (χ3n) is 3.84. The van der Waals surface area contributed by atoms with Crippen LogP contribution in [0.4, 0.5) is 10.5 Å². The lowest BCUT2D eigenvalue weighted by Gasteiger charge is -2.18. The molecule has 1 aliphatic carbocycles. The highest BCUT2D eigenvalue weighted by atomic mass is 16.4. The van der Waals surface area contributed by atoms with Crippen molar-refractivity contribution >= 4 is 17.7 Å². The summed E-state index contributed by atoms with van der Waals surface area (Å²) in [6.07, 6.45) is 1.18. The highest BCUT2D eigenvalue weighted by Gasteiger charge is 2.34. The van der Waals surface area contributed by atoms with Gasteiger partial charge in [-0.2, -0.15) is 0 Å². The van der Waals surface area contributed by atoms with E-state index in [0.29, 0.717) is 23.1 Å². The maximum absolute atomic E-state index is 12.0. The molecule has 2 atom stereocenters. The molecule has 0 heterocycles. The van der Waals surface area contributed by atoms with Crippen molar-refractivity contribution in [2.24, 2.45) is 11.8 Å². The van der Waals surface area contributed by atoms with Crippen LogP contribution < -0.4 is 5.32 Å². The summed E-state index contributed by atoms with van der Waals surface area (Å²) in [7, 11) is 1.78. The van der Waals surface area contributed by atoms with Gasteiger partial charge in [-0.25, -0.2) is 9.59 Å². The highest BCUT2D eigenvalue weighted by Crippen LogP contribution is 2.37. The van der Waals surface area contributed by atoms with Crippen molar-refractivity contribution in [3.63, 3.8) is 0 Å². The number of benzene rings is 1. The lowest BCUT2D eigenvalue weighted by molar-refractivity contribution is 0.0696. The second kappa shape index (κ2) is 5.53. The molecular formula is C15H20N2O3. The third kappa shape index (κ3) is 3.29. The Balaban J connectivity index is 1.97. The first kappa shape index (κ1) is 14.4. The minimum absolute atomic E-state index is 0.161. The number of carbonyl (C=O) groups excluding carboxylic acids is 1. The lowest BCUT2D eigenvalue weighted by Crippen LogP contribution is -2.33. The van der Waals surface area contributed by atoms with E-state index in [9.17, 15) is 9.59 Å². The molecule has 2 N–H and O–H groups in total. The van der Waals surface area contributed by atoms with Crippen molar-refractivity contribution in [2.45, 2.75) is 20.3 Å². The van der Waals surface area contributed by atoms with E-state index in [4.69, 9.17) is 5.11 Å². The minimum atomic E-state index is -0.958. The molecule has 2 unspecified atom stereocenters. The van der Waals surface area contributed by atoms with Gasteiger partial charge in [0, 0.05) is 19.3 Å². The molecular weight excluding hydrogens is 256 g/mol. The van der Waals surface area contributed by atoms with Gasteiger partial charge < -0.3 is 15.3 Å². The van der Waals surface area contributed by atoms with Crippen LogP contribution in [0.2, 0.25) is 0 Å². The van der Waals surface area contributed by atoms with Crippen LogP contribution in [-0.2, 0) is 0 Å². The van der Waals surface area contributed by atoms with E-state index in [1.54, 1.807) is 31.0 Å². The van der Waals surface area contributed by atoms with E-state index >= 15 is 0 Å². The molecule has 5 nitrogen and oxygen atoms in total. The molecule has 5 heteroatoms. The SMILES string of the molecule is Cc1cc(NC(=O)N(C)CC2CC2C)ccc1C(=O)O. The molecule has 1 aliphatic rings. The topological polar surface area (TPSA) is 69.6 Å². The number of carbonyl (C=O) groups is 2. The molecule has 1 aromatic carbocycles. The number of carboxylic acids is 1. The van der Waals surface area contributed by atoms with Crippen LogP contribution in [0.3, 0.4) is 0 Å². The second-order valence-electron chi connectivity index (χ2n) is 5.62. The number of nitrogens with one attached hydrogen (secondary N) is 1. The molecule has 0 aliphatic heterocycles. The Kier molecular flexibility index (Phi) is 3.97. The van der Waals surface area contributed by atoms with Crippen LogP contribution >= 0.6 is 0 Å². The normalized spacial score (nSPS) is 20.4. The van der Waals surface area contributed by atoms with Crippen LogP contribution in [0, 0.1) is 18.8 Å². The Morgan fingerprint density at radius 2 is 2.10 bits per heavy atom. The van der Waals surface area contributed by atoms with Crippen molar-refractivity contribution in [1.82, 2.24) is 4.90 Å². The Bertz CT molecular complexity index is 542. The fraction of sp³-hybridized carbons (Fsp3) is 0.467. The number of hydrogen-bond acceptors (Lipinski definition) is 2. The fourth-order valence-electron chi connectivity index (χ4n) is 2.29. The van der Waals surface area contributed by atoms with Crippen molar-refractivity contribution in [2.75, 3.05) is 18.9 Å². The summed E-state index contributed by atoms with van der Waals surface area (Å²) in [4.78, 5) is 24.6. The predicted octanol–water partition coefficient (Wildman–Crippen LogP) is 2.81. The molecule has 1 aromatic rings. The molecule has 0 saturated heterocycles. The minimum Gasteiger partial charge on any atom is -0.478 e. The van der Waals surface area contributed by atoms with Crippen LogP contribution in [0.25, 0.3) is 0 Å². The zero-order chi connectivity index (χ0) is 14.9. The Labute approximate surface area is 118 Å². The van der Waals surface area contributed by atoms with Crippen molar-refractivity contribution < 1.29 is 14.7 Å². The quantitative estimate of drug-likeness (QED) is 0.888. The largest absolute Gasteiger partial charge is 0.478 e. The summed E-state index contributed by atoms with van der Waals surface area (Å²) in [6, 6.07) is 4.64. The average Bonchev–Trinajstić information content (AvgIpc) is 3.04. The maximum atomic E-state index is 12.0. The number of urea groups is 1. The number of amides is 2. The summed E-state index contributed by atoms with van der Waals surface area (Å²) in [5.41, 5.74) is 1.50. The van der Waals surface area contributed by atoms with Crippen LogP contribution in [0.5, 0.6) is 0 Å². The van der Waals surface area contributed by atoms with E-state index in [1.807, 2.05) is 0 Å². The number of rotatable bonds is 4. The van der Waals surface area contributed by atoms with Gasteiger partial charge in [0.1, 0.15) is 0 Å². The zero-order valence-corrected chi connectivity index (χ0v) is 12.0. The van der Waals surface area contributed by atoms with Gasteiger partial charge in [-0.05, 0) is 48.9 Å². The van der Waals surface area contributed by atoms with Gasteiger partial charge in [0.25, 0.3) is 0 Å². The molecule has 1 fully saturated rings. The van der Waals surface area contributed by atoms with E-state index < -0.39 is 5.97 Å². The molecule has 0 bridgehead atoms. The number of aromatic carboxylic acids is 1. The average molecular weight is 276 g/mol. The number of aryl methyl sites for hydroxylation is 1. The molecule has 20 heavy (non-hydrogen) atoms. The monoisotopic (exact) mass is 276 g/mol. The van der Waals surface area contributed by atoms with E-state index in [-0.39, 0.29) is 11.6 Å². The Morgan fingerprint density at radius 3 is 2.60 bits per heavy atom.